The molecule has 3 atom stereocenters. The van der Waals surface area contributed by atoms with Crippen molar-refractivity contribution in [3.8, 4) is 11.3 Å². The Balaban J connectivity index is 1.32. The van der Waals surface area contributed by atoms with Crippen LogP contribution in [0.4, 0.5) is 5.82 Å². The predicted molar refractivity (Wildman–Crippen MR) is 158 cm³/mol. The Hall–Kier alpha value is -4.26. The number of piperidine rings is 1. The van der Waals surface area contributed by atoms with Crippen molar-refractivity contribution in [1.82, 2.24) is 34.6 Å². The van der Waals surface area contributed by atoms with Crippen LogP contribution < -0.4 is 10.7 Å². The minimum atomic E-state index is -0.718. The lowest BCUT2D eigenvalue weighted by Crippen LogP contribution is -2.47. The Kier molecular flexibility index (Phi) is 6.59. The fourth-order valence-electron chi connectivity index (χ4n) is 5.94. The van der Waals surface area contributed by atoms with Gasteiger partial charge >= 0.3 is 0 Å². The molecule has 12 nitrogen and oxygen atoms in total. The number of hydrogen-bond donors (Lipinski definition) is 2. The first kappa shape index (κ1) is 27.9. The van der Waals surface area contributed by atoms with Gasteiger partial charge in [0.2, 0.25) is 11.8 Å². The fourth-order valence-corrected chi connectivity index (χ4v) is 6.35. The lowest BCUT2D eigenvalue weighted by Gasteiger charge is -2.27. The molecule has 6 rings (SSSR count). The summed E-state index contributed by atoms with van der Waals surface area (Å²) >= 11 is 3.26. The van der Waals surface area contributed by atoms with Gasteiger partial charge in [0.1, 0.15) is 29.9 Å². The summed E-state index contributed by atoms with van der Waals surface area (Å²) in [7, 11) is 0. The van der Waals surface area contributed by atoms with E-state index in [1.165, 1.54) is 17.7 Å². The number of halogens is 1. The van der Waals surface area contributed by atoms with Crippen LogP contribution in [-0.4, -0.2) is 64.3 Å². The number of ketones is 1. The number of fused-ring (bicyclic) bond motifs is 2. The normalized spacial score (nSPS) is 21.0. The minimum Gasteiger partial charge on any atom is -0.336 e. The zero-order valence-corrected chi connectivity index (χ0v) is 25.4. The molecule has 0 spiro atoms. The van der Waals surface area contributed by atoms with E-state index in [-0.39, 0.29) is 52.5 Å². The molecule has 2 fully saturated rings. The van der Waals surface area contributed by atoms with Gasteiger partial charge in [-0.05, 0) is 61.0 Å². The largest absolute Gasteiger partial charge is 0.336 e. The number of aromatic amines is 1. The maximum atomic E-state index is 13.9. The summed E-state index contributed by atoms with van der Waals surface area (Å²) in [6.07, 6.45) is 4.66. The van der Waals surface area contributed by atoms with Gasteiger partial charge in [-0.25, -0.2) is 9.97 Å². The quantitative estimate of drug-likeness (QED) is 0.242. The van der Waals surface area contributed by atoms with Crippen LogP contribution in [0.2, 0.25) is 0 Å². The monoisotopic (exact) mass is 632 g/mol. The standard InChI is InChI=1S/C29H29BrN8O4/c1-13-21(40)7-23(30)34-27(13)35-28(42)20-8-29(5)9-22(29)38(20)24(41)12-37-26-14(2)33-19(17-10-31-16(4)32-11-17)6-18(26)25(36-37)15(3)39/h6-7,10-11,20,22H,8-9,12H2,1-5H3,(H2,34,35,40,42)/t20-,22+,29-/m0/s1. The number of nitrogens with zero attached hydrogens (tertiary/aromatic N) is 6. The van der Waals surface area contributed by atoms with E-state index in [4.69, 9.17) is 4.98 Å². The van der Waals surface area contributed by atoms with Gasteiger partial charge in [-0.2, -0.15) is 5.10 Å². The summed E-state index contributed by atoms with van der Waals surface area (Å²) in [5.41, 5.74) is 2.69. The van der Waals surface area contributed by atoms with Gasteiger partial charge in [0, 0.05) is 47.9 Å². The first-order chi connectivity index (χ1) is 19.9. The molecule has 0 radical (unpaired) electrons. The molecule has 1 saturated heterocycles. The van der Waals surface area contributed by atoms with E-state index < -0.39 is 6.04 Å². The first-order valence-electron chi connectivity index (χ1n) is 13.6. The number of aryl methyl sites for hydroxylation is 2. The van der Waals surface area contributed by atoms with Crippen molar-refractivity contribution in [3.63, 3.8) is 0 Å². The molecule has 2 aliphatic rings. The molecule has 2 N–H and O–H groups in total. The zero-order chi connectivity index (χ0) is 30.1. The number of Topliss-reactive ketones (excluding diaryl/α,β-unsaturated/α-hetero) is 1. The number of hydrogen-bond acceptors (Lipinski definition) is 8. The van der Waals surface area contributed by atoms with Crippen molar-refractivity contribution in [2.45, 2.75) is 66.1 Å². The number of aromatic nitrogens is 6. The van der Waals surface area contributed by atoms with Crippen LogP contribution in [0, 0.1) is 26.2 Å². The number of likely N-dealkylation sites (tertiary alicyclic amines) is 1. The van der Waals surface area contributed by atoms with E-state index in [0.29, 0.717) is 50.3 Å². The van der Waals surface area contributed by atoms with E-state index in [2.05, 4.69) is 48.2 Å². The molecule has 13 heteroatoms. The molecule has 1 aliphatic carbocycles. The molecule has 0 aromatic carbocycles. The molecule has 4 aromatic rings. The summed E-state index contributed by atoms with van der Waals surface area (Å²) in [6, 6.07) is 2.37. The third kappa shape index (κ3) is 4.71. The number of amides is 2. The van der Waals surface area contributed by atoms with Gasteiger partial charge in [0.15, 0.2) is 11.2 Å². The molecular formula is C29H29BrN8O4. The van der Waals surface area contributed by atoms with E-state index >= 15 is 0 Å². The first-order valence-corrected chi connectivity index (χ1v) is 14.3. The Labute approximate surface area is 249 Å². The Morgan fingerprint density at radius 3 is 2.55 bits per heavy atom. The van der Waals surface area contributed by atoms with Crippen molar-refractivity contribution in [2.75, 3.05) is 5.32 Å². The molecule has 42 heavy (non-hydrogen) atoms. The van der Waals surface area contributed by atoms with Gasteiger partial charge in [0.25, 0.3) is 0 Å². The van der Waals surface area contributed by atoms with Gasteiger partial charge in [-0.1, -0.05) is 6.92 Å². The van der Waals surface area contributed by atoms with Crippen molar-refractivity contribution in [1.29, 1.82) is 0 Å². The second-order valence-electron chi connectivity index (χ2n) is 11.4. The van der Waals surface area contributed by atoms with Crippen LogP contribution in [0.25, 0.3) is 22.2 Å². The highest BCUT2D eigenvalue weighted by molar-refractivity contribution is 9.10. The summed E-state index contributed by atoms with van der Waals surface area (Å²) in [5.74, 6) is 0.0302. The number of carbonyl (C=O) groups excluding carboxylic acids is 3. The molecule has 0 bridgehead atoms. The van der Waals surface area contributed by atoms with E-state index in [0.717, 1.165) is 6.42 Å². The van der Waals surface area contributed by atoms with Gasteiger partial charge in [-0.3, -0.25) is 28.8 Å². The predicted octanol–water partition coefficient (Wildman–Crippen LogP) is 3.49. The summed E-state index contributed by atoms with van der Waals surface area (Å²) < 4.78 is 1.95. The number of nitrogens with one attached hydrogen (secondary N) is 2. The second-order valence-corrected chi connectivity index (χ2v) is 12.3. The Morgan fingerprint density at radius 1 is 1.14 bits per heavy atom. The van der Waals surface area contributed by atoms with Crippen LogP contribution in [0.3, 0.4) is 0 Å². The van der Waals surface area contributed by atoms with E-state index in [1.54, 1.807) is 44.1 Å². The van der Waals surface area contributed by atoms with Gasteiger partial charge in [0.05, 0.1) is 21.5 Å². The van der Waals surface area contributed by atoms with E-state index in [9.17, 15) is 19.2 Å². The highest BCUT2D eigenvalue weighted by Crippen LogP contribution is 2.59. The average molecular weight is 634 g/mol. The van der Waals surface area contributed by atoms with Crippen molar-refractivity contribution < 1.29 is 14.4 Å². The summed E-state index contributed by atoms with van der Waals surface area (Å²) in [4.78, 5) is 70.0. The molecule has 4 aromatic heterocycles. The molecule has 0 unspecified atom stereocenters. The Bertz CT molecular complexity index is 1860. The molecule has 5 heterocycles. The van der Waals surface area contributed by atoms with Crippen LogP contribution in [0.1, 0.15) is 54.3 Å². The van der Waals surface area contributed by atoms with Crippen molar-refractivity contribution in [3.05, 3.63) is 62.1 Å². The SMILES string of the molecule is CC(=O)c1nn(CC(=O)N2[C@H](C(=O)Nc3[nH]c(Br)cc(=O)c3C)C[C@@]3(C)C[C@@H]23)c2c(C)nc(-c3cnc(C)nc3)cc12. The maximum absolute atomic E-state index is 13.9. The maximum Gasteiger partial charge on any atom is 0.248 e. The number of anilines is 1. The molecule has 216 valence electrons. The summed E-state index contributed by atoms with van der Waals surface area (Å²) in [5, 5.41) is 7.94. The van der Waals surface area contributed by atoms with Crippen LogP contribution >= 0.6 is 15.9 Å². The highest BCUT2D eigenvalue weighted by atomic mass is 79.9. The number of carbonyl (C=O) groups is 3. The van der Waals surface area contributed by atoms with E-state index in [1.807, 2.05) is 0 Å². The smallest absolute Gasteiger partial charge is 0.248 e. The van der Waals surface area contributed by atoms with Crippen LogP contribution in [0.15, 0.2) is 33.9 Å². The molecule has 1 aliphatic heterocycles. The number of rotatable bonds is 6. The fraction of sp³-hybridized carbons (Fsp3) is 0.379. The van der Waals surface area contributed by atoms with Crippen molar-refractivity contribution >= 4 is 50.2 Å². The average Bonchev–Trinajstić information content (AvgIpc) is 3.28. The molecule has 2 amide bonds. The topological polar surface area (TPSA) is 156 Å². The lowest BCUT2D eigenvalue weighted by atomic mass is 10.0. The Morgan fingerprint density at radius 2 is 1.86 bits per heavy atom. The lowest BCUT2D eigenvalue weighted by molar-refractivity contribution is -0.138. The highest BCUT2D eigenvalue weighted by Gasteiger charge is 2.64. The zero-order valence-electron chi connectivity index (χ0n) is 23.8. The van der Waals surface area contributed by atoms with Crippen LogP contribution in [-0.2, 0) is 16.1 Å². The van der Waals surface area contributed by atoms with Crippen LogP contribution in [0.5, 0.6) is 0 Å². The number of H-pyrrole nitrogens is 1. The minimum absolute atomic E-state index is 0.0788. The molecular weight excluding hydrogens is 604 g/mol. The second kappa shape index (κ2) is 9.93. The molecule has 1 saturated carbocycles. The van der Waals surface area contributed by atoms with Crippen molar-refractivity contribution in [2.24, 2.45) is 5.41 Å². The number of pyridine rings is 2. The van der Waals surface area contributed by atoms with Gasteiger partial charge in [-0.15, -0.1) is 0 Å². The van der Waals surface area contributed by atoms with Gasteiger partial charge < -0.3 is 15.2 Å². The summed E-state index contributed by atoms with van der Waals surface area (Å²) in [6.45, 7) is 8.56. The third-order valence-electron chi connectivity index (χ3n) is 8.32. The third-order valence-corrected chi connectivity index (χ3v) is 8.74.